The predicted molar refractivity (Wildman–Crippen MR) is 65.9 cm³/mol. The number of carbonyl (C=O) groups excluding carboxylic acids is 1. The third-order valence-electron chi connectivity index (χ3n) is 3.25. The topological polar surface area (TPSA) is 26.3 Å². The highest BCUT2D eigenvalue weighted by Gasteiger charge is 2.34. The van der Waals surface area contributed by atoms with E-state index in [-0.39, 0.29) is 11.9 Å². The van der Waals surface area contributed by atoms with Gasteiger partial charge in [-0.05, 0) is 6.42 Å². The Balaban J connectivity index is 1.85. The number of hydrogen-bond acceptors (Lipinski definition) is 2. The van der Waals surface area contributed by atoms with E-state index in [2.05, 4.69) is 13.5 Å². The fraction of sp³-hybridized carbons (Fsp3) is 0.786. The molecule has 0 amide bonds. The normalized spacial score (nSPS) is 19.4. The predicted octanol–water partition coefficient (Wildman–Crippen LogP) is 4.20. The lowest BCUT2D eigenvalue weighted by Crippen LogP contribution is -2.31. The van der Waals surface area contributed by atoms with Crippen LogP contribution in [-0.2, 0) is 9.53 Å². The smallest absolute Gasteiger partial charge is 0.321 e. The van der Waals surface area contributed by atoms with Crippen LogP contribution in [0.2, 0.25) is 0 Å². The summed E-state index contributed by atoms with van der Waals surface area (Å²) in [6.07, 6.45) is 11.4. The summed E-state index contributed by atoms with van der Waals surface area (Å²) in [5, 5.41) is 0. The molecule has 0 aromatic carbocycles. The minimum atomic E-state index is -0.0760. The molecule has 92 valence electrons. The molecule has 16 heavy (non-hydrogen) atoms. The van der Waals surface area contributed by atoms with Gasteiger partial charge in [0.15, 0.2) is 0 Å². The molecule has 0 aromatic rings. The number of hydrogen-bond donors (Lipinski definition) is 0. The minimum Gasteiger partial charge on any atom is -0.430 e. The van der Waals surface area contributed by atoms with Crippen LogP contribution in [0.3, 0.4) is 0 Å². The summed E-state index contributed by atoms with van der Waals surface area (Å²) in [7, 11) is 0. The lowest BCUT2D eigenvalue weighted by Gasteiger charge is -2.26. The first kappa shape index (κ1) is 13.3. The summed E-state index contributed by atoms with van der Waals surface area (Å²) >= 11 is 0. The highest BCUT2D eigenvalue weighted by atomic mass is 16.6. The SMILES string of the molecule is C=C1OC(=O)C1CCCCCCCCCC. The summed E-state index contributed by atoms with van der Waals surface area (Å²) in [6.45, 7) is 5.94. The molecule has 1 heterocycles. The number of unbranched alkanes of at least 4 members (excludes halogenated alkanes) is 7. The molecule has 0 spiro atoms. The Kier molecular flexibility index (Phi) is 6.20. The zero-order chi connectivity index (χ0) is 11.8. The van der Waals surface area contributed by atoms with E-state index in [0.717, 1.165) is 12.8 Å². The molecule has 1 saturated heterocycles. The van der Waals surface area contributed by atoms with Crippen LogP contribution in [0.1, 0.15) is 64.7 Å². The first-order chi connectivity index (χ1) is 7.75. The van der Waals surface area contributed by atoms with Crippen molar-refractivity contribution >= 4 is 5.97 Å². The molecule has 0 radical (unpaired) electrons. The minimum absolute atomic E-state index is 0.0140. The Bertz CT molecular complexity index is 219. The first-order valence-corrected chi connectivity index (χ1v) is 6.66. The van der Waals surface area contributed by atoms with Crippen LogP contribution in [0.5, 0.6) is 0 Å². The molecule has 0 N–H and O–H groups in total. The molecule has 2 heteroatoms. The van der Waals surface area contributed by atoms with Gasteiger partial charge in [0.05, 0.1) is 0 Å². The van der Waals surface area contributed by atoms with Crippen LogP contribution in [-0.4, -0.2) is 5.97 Å². The fourth-order valence-electron chi connectivity index (χ4n) is 2.11. The standard InChI is InChI=1S/C14H24O2/c1-3-4-5-6-7-8-9-10-11-13-12(2)16-14(13)15/h13H,2-11H2,1H3. The molecule has 0 saturated carbocycles. The van der Waals surface area contributed by atoms with E-state index in [4.69, 9.17) is 4.74 Å². The summed E-state index contributed by atoms with van der Waals surface area (Å²) in [5.74, 6) is 0.612. The fourth-order valence-corrected chi connectivity index (χ4v) is 2.11. The van der Waals surface area contributed by atoms with Crippen molar-refractivity contribution < 1.29 is 9.53 Å². The van der Waals surface area contributed by atoms with Crippen LogP contribution in [0.25, 0.3) is 0 Å². The molecule has 1 atom stereocenters. The van der Waals surface area contributed by atoms with E-state index in [0.29, 0.717) is 5.76 Å². The van der Waals surface area contributed by atoms with Gasteiger partial charge in [0, 0.05) is 0 Å². The lowest BCUT2D eigenvalue weighted by atomic mass is 9.95. The van der Waals surface area contributed by atoms with Gasteiger partial charge >= 0.3 is 5.97 Å². The average Bonchev–Trinajstić information content (AvgIpc) is 2.27. The average molecular weight is 224 g/mol. The third kappa shape index (κ3) is 4.38. The summed E-state index contributed by atoms with van der Waals surface area (Å²) < 4.78 is 4.74. The van der Waals surface area contributed by atoms with Crippen LogP contribution in [0.15, 0.2) is 12.3 Å². The molecule has 1 aliphatic rings. The van der Waals surface area contributed by atoms with Crippen molar-refractivity contribution in [1.82, 2.24) is 0 Å². The maximum Gasteiger partial charge on any atom is 0.321 e. The Morgan fingerprint density at radius 2 is 1.62 bits per heavy atom. The highest BCUT2D eigenvalue weighted by molar-refractivity contribution is 5.82. The maximum absolute atomic E-state index is 11.0. The molecule has 1 fully saturated rings. The second kappa shape index (κ2) is 7.48. The van der Waals surface area contributed by atoms with Crippen molar-refractivity contribution in [2.24, 2.45) is 5.92 Å². The van der Waals surface area contributed by atoms with Crippen LogP contribution >= 0.6 is 0 Å². The van der Waals surface area contributed by atoms with Gasteiger partial charge in [-0.3, -0.25) is 4.79 Å². The van der Waals surface area contributed by atoms with Crippen molar-refractivity contribution in [3.8, 4) is 0 Å². The number of cyclic esters (lactones) is 1. The van der Waals surface area contributed by atoms with Gasteiger partial charge in [-0.25, -0.2) is 0 Å². The van der Waals surface area contributed by atoms with E-state index < -0.39 is 0 Å². The summed E-state index contributed by atoms with van der Waals surface area (Å²) in [6, 6.07) is 0. The van der Waals surface area contributed by atoms with Crippen molar-refractivity contribution in [2.45, 2.75) is 64.7 Å². The molecule has 0 aliphatic carbocycles. The van der Waals surface area contributed by atoms with Gasteiger partial charge in [-0.1, -0.05) is 64.9 Å². The zero-order valence-electron chi connectivity index (χ0n) is 10.5. The Morgan fingerprint density at radius 1 is 1.06 bits per heavy atom. The second-order valence-corrected chi connectivity index (χ2v) is 4.70. The number of esters is 1. The zero-order valence-corrected chi connectivity index (χ0v) is 10.5. The van der Waals surface area contributed by atoms with E-state index in [1.807, 2.05) is 0 Å². The van der Waals surface area contributed by atoms with Gasteiger partial charge in [-0.15, -0.1) is 0 Å². The highest BCUT2D eigenvalue weighted by Crippen LogP contribution is 2.29. The molecule has 1 unspecified atom stereocenters. The van der Waals surface area contributed by atoms with Crippen LogP contribution in [0.4, 0.5) is 0 Å². The molecule has 2 nitrogen and oxygen atoms in total. The van der Waals surface area contributed by atoms with Gasteiger partial charge in [0.25, 0.3) is 0 Å². The van der Waals surface area contributed by atoms with E-state index in [1.165, 1.54) is 44.9 Å². The van der Waals surface area contributed by atoms with Gasteiger partial charge in [0.1, 0.15) is 11.7 Å². The van der Waals surface area contributed by atoms with Crippen molar-refractivity contribution in [2.75, 3.05) is 0 Å². The number of rotatable bonds is 9. The quantitative estimate of drug-likeness (QED) is 0.433. The van der Waals surface area contributed by atoms with Crippen molar-refractivity contribution in [1.29, 1.82) is 0 Å². The first-order valence-electron chi connectivity index (χ1n) is 6.66. The molecule has 1 rings (SSSR count). The summed E-state index contributed by atoms with van der Waals surface area (Å²) in [5.41, 5.74) is 0. The number of ether oxygens (including phenoxy) is 1. The van der Waals surface area contributed by atoms with E-state index in [1.54, 1.807) is 0 Å². The van der Waals surface area contributed by atoms with Crippen LogP contribution < -0.4 is 0 Å². The second-order valence-electron chi connectivity index (χ2n) is 4.70. The third-order valence-corrected chi connectivity index (χ3v) is 3.25. The number of carbonyl (C=O) groups is 1. The van der Waals surface area contributed by atoms with Crippen LogP contribution in [0, 0.1) is 5.92 Å². The Hall–Kier alpha value is -0.790. The molecule has 0 bridgehead atoms. The monoisotopic (exact) mass is 224 g/mol. The maximum atomic E-state index is 11.0. The van der Waals surface area contributed by atoms with Gasteiger partial charge < -0.3 is 4.74 Å². The molecule has 1 aliphatic heterocycles. The van der Waals surface area contributed by atoms with Crippen molar-refractivity contribution in [3.63, 3.8) is 0 Å². The Morgan fingerprint density at radius 3 is 2.12 bits per heavy atom. The van der Waals surface area contributed by atoms with E-state index in [9.17, 15) is 4.79 Å². The molecule has 0 aromatic heterocycles. The largest absolute Gasteiger partial charge is 0.430 e. The van der Waals surface area contributed by atoms with Crippen molar-refractivity contribution in [3.05, 3.63) is 12.3 Å². The summed E-state index contributed by atoms with van der Waals surface area (Å²) in [4.78, 5) is 11.0. The van der Waals surface area contributed by atoms with E-state index >= 15 is 0 Å². The lowest BCUT2D eigenvalue weighted by molar-refractivity contribution is -0.157. The molecular formula is C14H24O2. The molecular weight excluding hydrogens is 200 g/mol. The van der Waals surface area contributed by atoms with Gasteiger partial charge in [0.2, 0.25) is 0 Å². The Labute approximate surface area is 99.1 Å². The van der Waals surface area contributed by atoms with Gasteiger partial charge in [-0.2, -0.15) is 0 Å².